The molecule has 2 bridgehead atoms. The number of hydrogen-bond acceptors (Lipinski definition) is 4. The van der Waals surface area contributed by atoms with E-state index in [2.05, 4.69) is 10.2 Å². The van der Waals surface area contributed by atoms with E-state index in [-0.39, 0.29) is 18.6 Å². The molecule has 5 heteroatoms. The highest BCUT2D eigenvalue weighted by atomic mass is 16.5. The molecule has 1 N–H and O–H groups in total. The summed E-state index contributed by atoms with van der Waals surface area (Å²) in [6, 6.07) is 17.7. The van der Waals surface area contributed by atoms with Gasteiger partial charge in [0.15, 0.2) is 6.61 Å². The summed E-state index contributed by atoms with van der Waals surface area (Å²) in [5.74, 6) is 2.03. The van der Waals surface area contributed by atoms with Crippen molar-refractivity contribution in [3.05, 3.63) is 60.2 Å². The molecule has 0 saturated carbocycles. The molecule has 0 unspecified atom stereocenters. The van der Waals surface area contributed by atoms with Crippen LogP contribution in [0.2, 0.25) is 0 Å². The standard InChI is InChI=1S/C22H26N2O3/c25-22(23-21-14-24-12-10-18(21)11-13-24)16-27-20-8-6-19(7-9-20)26-15-17-4-2-1-3-5-17/h1-9,18,21H,10-16H2,(H,23,25)/t21-/m0/s1. The van der Waals surface area contributed by atoms with Crippen molar-refractivity contribution in [2.24, 2.45) is 5.92 Å². The molecule has 0 aromatic heterocycles. The van der Waals surface area contributed by atoms with Crippen LogP contribution in [0.4, 0.5) is 0 Å². The number of nitrogens with zero attached hydrogens (tertiary/aromatic N) is 1. The van der Waals surface area contributed by atoms with Gasteiger partial charge in [0.2, 0.25) is 0 Å². The van der Waals surface area contributed by atoms with Crippen LogP contribution in [0.25, 0.3) is 0 Å². The minimum Gasteiger partial charge on any atom is -0.489 e. The summed E-state index contributed by atoms with van der Waals surface area (Å²) in [5.41, 5.74) is 1.13. The average Bonchev–Trinajstić information content (AvgIpc) is 2.73. The second-order valence-corrected chi connectivity index (χ2v) is 7.35. The molecule has 2 aromatic carbocycles. The minimum absolute atomic E-state index is 0.0434. The number of ether oxygens (including phenoxy) is 2. The highest BCUT2D eigenvalue weighted by molar-refractivity contribution is 5.78. The number of carbonyl (C=O) groups is 1. The topological polar surface area (TPSA) is 50.8 Å². The highest BCUT2D eigenvalue weighted by Gasteiger charge is 2.34. The number of nitrogens with one attached hydrogen (secondary N) is 1. The first kappa shape index (κ1) is 17.9. The highest BCUT2D eigenvalue weighted by Crippen LogP contribution is 2.27. The van der Waals surface area contributed by atoms with E-state index in [0.717, 1.165) is 17.9 Å². The summed E-state index contributed by atoms with van der Waals surface area (Å²) in [7, 11) is 0. The maximum atomic E-state index is 12.2. The van der Waals surface area contributed by atoms with E-state index in [1.807, 2.05) is 54.6 Å². The number of piperidine rings is 3. The Labute approximate surface area is 160 Å². The zero-order chi connectivity index (χ0) is 18.5. The number of rotatable bonds is 7. The first-order valence-electron chi connectivity index (χ1n) is 9.67. The fourth-order valence-electron chi connectivity index (χ4n) is 3.90. The number of fused-ring (bicyclic) bond motifs is 3. The number of hydrogen-bond donors (Lipinski definition) is 1. The van der Waals surface area contributed by atoms with Crippen LogP contribution in [-0.4, -0.2) is 43.1 Å². The third-order valence-corrected chi connectivity index (χ3v) is 5.44. The molecular weight excluding hydrogens is 340 g/mol. The molecule has 142 valence electrons. The van der Waals surface area contributed by atoms with Crippen LogP contribution in [-0.2, 0) is 11.4 Å². The Bertz CT molecular complexity index is 740. The summed E-state index contributed by atoms with van der Waals surface area (Å²) >= 11 is 0. The number of benzene rings is 2. The van der Waals surface area contributed by atoms with E-state index < -0.39 is 0 Å². The third kappa shape index (κ3) is 4.80. The third-order valence-electron chi connectivity index (χ3n) is 5.44. The van der Waals surface area contributed by atoms with E-state index >= 15 is 0 Å². The van der Waals surface area contributed by atoms with Crippen molar-refractivity contribution in [1.82, 2.24) is 10.2 Å². The van der Waals surface area contributed by atoms with Crippen molar-refractivity contribution in [2.45, 2.75) is 25.5 Å². The molecule has 3 saturated heterocycles. The van der Waals surface area contributed by atoms with Gasteiger partial charge in [-0.3, -0.25) is 4.79 Å². The van der Waals surface area contributed by atoms with Gasteiger partial charge in [-0.1, -0.05) is 30.3 Å². The Hall–Kier alpha value is -2.53. The molecule has 3 aliphatic heterocycles. The van der Waals surface area contributed by atoms with Crippen LogP contribution >= 0.6 is 0 Å². The van der Waals surface area contributed by atoms with Crippen LogP contribution in [0.5, 0.6) is 11.5 Å². The smallest absolute Gasteiger partial charge is 0.258 e. The quantitative estimate of drug-likeness (QED) is 0.819. The Balaban J connectivity index is 1.21. The molecule has 3 aliphatic rings. The molecule has 5 nitrogen and oxygen atoms in total. The predicted molar refractivity (Wildman–Crippen MR) is 104 cm³/mol. The zero-order valence-corrected chi connectivity index (χ0v) is 15.5. The van der Waals surface area contributed by atoms with Crippen molar-refractivity contribution in [1.29, 1.82) is 0 Å². The van der Waals surface area contributed by atoms with Crippen molar-refractivity contribution >= 4 is 5.91 Å². The Morgan fingerprint density at radius 2 is 1.63 bits per heavy atom. The molecule has 0 aliphatic carbocycles. The molecule has 0 radical (unpaired) electrons. The van der Waals surface area contributed by atoms with Crippen LogP contribution in [0.3, 0.4) is 0 Å². The summed E-state index contributed by atoms with van der Waals surface area (Å²) in [6.07, 6.45) is 2.38. The van der Waals surface area contributed by atoms with Gasteiger partial charge in [-0.2, -0.15) is 0 Å². The predicted octanol–water partition coefficient (Wildman–Crippen LogP) is 2.85. The van der Waals surface area contributed by atoms with Crippen LogP contribution < -0.4 is 14.8 Å². The molecule has 1 amide bonds. The van der Waals surface area contributed by atoms with Gasteiger partial charge in [0, 0.05) is 12.6 Å². The monoisotopic (exact) mass is 366 g/mol. The lowest BCUT2D eigenvalue weighted by atomic mass is 9.84. The molecular formula is C22H26N2O3. The fraction of sp³-hybridized carbons (Fsp3) is 0.409. The fourth-order valence-corrected chi connectivity index (χ4v) is 3.90. The van der Waals surface area contributed by atoms with E-state index in [1.54, 1.807) is 0 Å². The SMILES string of the molecule is O=C(COc1ccc(OCc2ccccc2)cc1)N[C@H]1CN2CCC1CC2. The largest absolute Gasteiger partial charge is 0.489 e. The lowest BCUT2D eigenvalue weighted by molar-refractivity contribution is -0.125. The summed E-state index contributed by atoms with van der Waals surface area (Å²) < 4.78 is 11.4. The first-order valence-corrected chi connectivity index (χ1v) is 9.67. The first-order chi connectivity index (χ1) is 13.3. The second-order valence-electron chi connectivity index (χ2n) is 7.35. The lowest BCUT2D eigenvalue weighted by Gasteiger charge is -2.44. The van der Waals surface area contributed by atoms with E-state index in [0.29, 0.717) is 18.3 Å². The molecule has 0 spiro atoms. The van der Waals surface area contributed by atoms with Gasteiger partial charge in [0.05, 0.1) is 0 Å². The molecule has 2 aromatic rings. The lowest BCUT2D eigenvalue weighted by Crippen LogP contribution is -2.57. The van der Waals surface area contributed by atoms with Gasteiger partial charge in [-0.25, -0.2) is 0 Å². The van der Waals surface area contributed by atoms with Crippen LogP contribution in [0.15, 0.2) is 54.6 Å². The van der Waals surface area contributed by atoms with Crippen molar-refractivity contribution in [2.75, 3.05) is 26.2 Å². The van der Waals surface area contributed by atoms with Gasteiger partial charge in [-0.15, -0.1) is 0 Å². The molecule has 5 rings (SSSR count). The normalized spacial score (nSPS) is 23.6. The van der Waals surface area contributed by atoms with Gasteiger partial charge in [0.1, 0.15) is 18.1 Å². The molecule has 27 heavy (non-hydrogen) atoms. The number of carbonyl (C=O) groups excluding carboxylic acids is 1. The van der Waals surface area contributed by atoms with Crippen LogP contribution in [0.1, 0.15) is 18.4 Å². The summed E-state index contributed by atoms with van der Waals surface area (Å²) in [6.45, 7) is 3.90. The average molecular weight is 366 g/mol. The van der Waals surface area contributed by atoms with Crippen molar-refractivity contribution in [3.63, 3.8) is 0 Å². The van der Waals surface area contributed by atoms with E-state index in [1.165, 1.54) is 25.9 Å². The van der Waals surface area contributed by atoms with Crippen molar-refractivity contribution in [3.8, 4) is 11.5 Å². The molecule has 3 fully saturated rings. The Kier molecular flexibility index (Phi) is 5.58. The summed E-state index contributed by atoms with van der Waals surface area (Å²) in [5, 5.41) is 3.14. The zero-order valence-electron chi connectivity index (χ0n) is 15.5. The summed E-state index contributed by atoms with van der Waals surface area (Å²) in [4.78, 5) is 14.6. The van der Waals surface area contributed by atoms with Crippen LogP contribution in [0, 0.1) is 5.92 Å². The maximum absolute atomic E-state index is 12.2. The minimum atomic E-state index is -0.0434. The van der Waals surface area contributed by atoms with E-state index in [9.17, 15) is 4.79 Å². The van der Waals surface area contributed by atoms with Gasteiger partial charge in [0.25, 0.3) is 5.91 Å². The molecule has 3 heterocycles. The number of amides is 1. The van der Waals surface area contributed by atoms with Crippen molar-refractivity contribution < 1.29 is 14.3 Å². The van der Waals surface area contributed by atoms with Gasteiger partial charge >= 0.3 is 0 Å². The second kappa shape index (κ2) is 8.44. The van der Waals surface area contributed by atoms with Gasteiger partial charge in [-0.05, 0) is 61.7 Å². The van der Waals surface area contributed by atoms with Gasteiger partial charge < -0.3 is 19.7 Å². The maximum Gasteiger partial charge on any atom is 0.258 e. The van der Waals surface area contributed by atoms with E-state index in [4.69, 9.17) is 9.47 Å². The molecule has 1 atom stereocenters. The Morgan fingerprint density at radius 1 is 0.963 bits per heavy atom. The Morgan fingerprint density at radius 3 is 2.26 bits per heavy atom.